The van der Waals surface area contributed by atoms with Crippen molar-refractivity contribution in [3.05, 3.63) is 35.1 Å². The van der Waals surface area contributed by atoms with Gasteiger partial charge >= 0.3 is 0 Å². The summed E-state index contributed by atoms with van der Waals surface area (Å²) in [7, 11) is 1.44. The molecule has 2 atom stereocenters. The lowest BCUT2D eigenvalue weighted by atomic mass is 9.56. The molecule has 0 aliphatic heterocycles. The van der Waals surface area contributed by atoms with Crippen LogP contribution in [-0.2, 0) is 14.3 Å². The van der Waals surface area contributed by atoms with E-state index in [9.17, 15) is 9.59 Å². The molecule has 0 aromatic rings. The number of ketones is 2. The maximum absolute atomic E-state index is 12.4. The number of methoxy groups -OCH3 is 1. The van der Waals surface area contributed by atoms with Gasteiger partial charge < -0.3 is 4.74 Å². The number of rotatable bonds is 1. The summed E-state index contributed by atoms with van der Waals surface area (Å²) in [5, 5.41) is 0. The highest BCUT2D eigenvalue weighted by Gasteiger charge is 2.46. The van der Waals surface area contributed by atoms with Crippen LogP contribution < -0.4 is 0 Å². The number of fused-ring (bicyclic) bond motifs is 1. The van der Waals surface area contributed by atoms with E-state index in [1.807, 2.05) is 0 Å². The minimum Gasteiger partial charge on any atom is -0.493 e. The number of allylic oxidation sites excluding steroid dienone is 4. The molecule has 0 saturated heterocycles. The fourth-order valence-corrected chi connectivity index (χ4v) is 4.04. The molecule has 3 aliphatic carbocycles. The average molecular weight is 272 g/mol. The second-order valence-electron chi connectivity index (χ2n) is 6.46. The highest BCUT2D eigenvalue weighted by Crippen LogP contribution is 2.54. The molecule has 3 heteroatoms. The van der Waals surface area contributed by atoms with E-state index in [-0.39, 0.29) is 22.7 Å². The second kappa shape index (κ2) is 4.44. The average Bonchev–Trinajstić information content (AvgIpc) is 2.41. The smallest absolute Gasteiger partial charge is 0.224 e. The Bertz CT molecular complexity index is 579. The van der Waals surface area contributed by atoms with E-state index in [1.165, 1.54) is 18.8 Å². The van der Waals surface area contributed by atoms with Crippen LogP contribution in [0.5, 0.6) is 0 Å². The molecule has 0 amide bonds. The molecule has 0 N–H and O–H groups in total. The van der Waals surface area contributed by atoms with Gasteiger partial charge in [-0.05, 0) is 43.4 Å². The Morgan fingerprint density at radius 1 is 1.35 bits per heavy atom. The summed E-state index contributed by atoms with van der Waals surface area (Å²) in [4.78, 5) is 24.6. The van der Waals surface area contributed by atoms with Crippen LogP contribution in [0, 0.1) is 11.3 Å². The van der Waals surface area contributed by atoms with Crippen molar-refractivity contribution in [1.82, 2.24) is 0 Å². The summed E-state index contributed by atoms with van der Waals surface area (Å²) < 4.78 is 5.05. The molecular weight excluding hydrogens is 252 g/mol. The monoisotopic (exact) mass is 272 g/mol. The van der Waals surface area contributed by atoms with Gasteiger partial charge in [0.25, 0.3) is 0 Å². The minimum atomic E-state index is -0.0991. The molecule has 3 rings (SSSR count). The Kier molecular flexibility index (Phi) is 2.96. The number of carbonyl (C=O) groups excluding carboxylic acids is 2. The van der Waals surface area contributed by atoms with Gasteiger partial charge in [-0.15, -0.1) is 0 Å². The molecule has 3 aliphatic rings. The van der Waals surface area contributed by atoms with E-state index >= 15 is 0 Å². The largest absolute Gasteiger partial charge is 0.493 e. The normalized spacial score (nSPS) is 33.6. The molecule has 1 fully saturated rings. The molecule has 0 aromatic heterocycles. The molecular formula is C17H20O3. The molecule has 1 saturated carbocycles. The zero-order valence-electron chi connectivity index (χ0n) is 12.1. The van der Waals surface area contributed by atoms with Gasteiger partial charge in [0, 0.05) is 17.2 Å². The standard InChI is InChI=1S/C17H20O3/c1-10-5-4-6-17(2)9-12-11(7-13(10)17)14(18)8-15(20-3)16(12)19/h8,13H,1,4-7,9H2,2-3H3/t13-,17-/m0/s1. The van der Waals surface area contributed by atoms with E-state index in [0.29, 0.717) is 29.9 Å². The van der Waals surface area contributed by atoms with Crippen molar-refractivity contribution in [2.75, 3.05) is 7.11 Å². The Morgan fingerprint density at radius 3 is 2.80 bits per heavy atom. The van der Waals surface area contributed by atoms with Gasteiger partial charge in [0.05, 0.1) is 7.11 Å². The Hall–Kier alpha value is -1.64. The van der Waals surface area contributed by atoms with Crippen LogP contribution in [0.2, 0.25) is 0 Å². The van der Waals surface area contributed by atoms with Gasteiger partial charge in [-0.2, -0.15) is 0 Å². The predicted molar refractivity (Wildman–Crippen MR) is 76.0 cm³/mol. The SMILES string of the molecule is C=C1CCC[C@@]2(C)CC3=C(C[C@@H]12)C(=O)C=C(OC)C3=O. The van der Waals surface area contributed by atoms with Crippen molar-refractivity contribution in [2.24, 2.45) is 11.3 Å². The topological polar surface area (TPSA) is 43.4 Å². The van der Waals surface area contributed by atoms with E-state index in [0.717, 1.165) is 19.3 Å². The van der Waals surface area contributed by atoms with Crippen LogP contribution in [0.3, 0.4) is 0 Å². The zero-order valence-corrected chi connectivity index (χ0v) is 12.1. The Balaban J connectivity index is 2.03. The maximum Gasteiger partial charge on any atom is 0.224 e. The van der Waals surface area contributed by atoms with Crippen LogP contribution in [0.15, 0.2) is 35.1 Å². The highest BCUT2D eigenvalue weighted by molar-refractivity contribution is 6.22. The number of hydrogen-bond acceptors (Lipinski definition) is 3. The van der Waals surface area contributed by atoms with Crippen molar-refractivity contribution in [3.63, 3.8) is 0 Å². The van der Waals surface area contributed by atoms with Crippen LogP contribution in [0.25, 0.3) is 0 Å². The van der Waals surface area contributed by atoms with Crippen molar-refractivity contribution < 1.29 is 14.3 Å². The van der Waals surface area contributed by atoms with Crippen molar-refractivity contribution in [3.8, 4) is 0 Å². The fraction of sp³-hybridized carbons (Fsp3) is 0.529. The lowest BCUT2D eigenvalue weighted by Gasteiger charge is -2.47. The first-order chi connectivity index (χ1) is 9.46. The van der Waals surface area contributed by atoms with E-state index in [1.54, 1.807) is 0 Å². The molecule has 0 radical (unpaired) electrons. The zero-order chi connectivity index (χ0) is 14.5. The van der Waals surface area contributed by atoms with Gasteiger partial charge in [0.1, 0.15) is 0 Å². The van der Waals surface area contributed by atoms with Crippen molar-refractivity contribution in [2.45, 2.75) is 39.0 Å². The third-order valence-electron chi connectivity index (χ3n) is 5.21. The Morgan fingerprint density at radius 2 is 2.10 bits per heavy atom. The van der Waals surface area contributed by atoms with Gasteiger partial charge in [0.15, 0.2) is 11.5 Å². The molecule has 20 heavy (non-hydrogen) atoms. The lowest BCUT2D eigenvalue weighted by Crippen LogP contribution is -2.40. The maximum atomic E-state index is 12.4. The summed E-state index contributed by atoms with van der Waals surface area (Å²) in [5.74, 6) is 0.365. The second-order valence-corrected chi connectivity index (χ2v) is 6.46. The first-order valence-electron chi connectivity index (χ1n) is 7.20. The molecule has 0 bridgehead atoms. The van der Waals surface area contributed by atoms with E-state index < -0.39 is 0 Å². The van der Waals surface area contributed by atoms with Crippen molar-refractivity contribution in [1.29, 1.82) is 0 Å². The number of ether oxygens (including phenoxy) is 1. The van der Waals surface area contributed by atoms with E-state index in [4.69, 9.17) is 4.74 Å². The highest BCUT2D eigenvalue weighted by atomic mass is 16.5. The molecule has 0 spiro atoms. The summed E-state index contributed by atoms with van der Waals surface area (Å²) in [5.41, 5.74) is 2.69. The quantitative estimate of drug-likeness (QED) is 0.544. The summed E-state index contributed by atoms with van der Waals surface area (Å²) in [6.45, 7) is 6.43. The predicted octanol–water partition coefficient (Wildman–Crippen LogP) is 3.12. The third-order valence-corrected chi connectivity index (χ3v) is 5.21. The summed E-state index contributed by atoms with van der Waals surface area (Å²) >= 11 is 0. The number of Topliss-reactive ketones (excluding diaryl/α,β-unsaturated/α-hetero) is 1. The first-order valence-corrected chi connectivity index (χ1v) is 7.20. The number of hydrogen-bond donors (Lipinski definition) is 0. The van der Waals surface area contributed by atoms with Gasteiger partial charge in [-0.3, -0.25) is 9.59 Å². The van der Waals surface area contributed by atoms with E-state index in [2.05, 4.69) is 13.5 Å². The summed E-state index contributed by atoms with van der Waals surface area (Å²) in [6.07, 6.45) is 5.96. The fourth-order valence-electron chi connectivity index (χ4n) is 4.04. The van der Waals surface area contributed by atoms with Crippen LogP contribution in [0.4, 0.5) is 0 Å². The first kappa shape index (κ1) is 13.3. The minimum absolute atomic E-state index is 0.0585. The lowest BCUT2D eigenvalue weighted by molar-refractivity contribution is -0.119. The molecule has 0 heterocycles. The van der Waals surface area contributed by atoms with Crippen LogP contribution in [-0.4, -0.2) is 18.7 Å². The Labute approximate surface area is 119 Å². The van der Waals surface area contributed by atoms with Crippen molar-refractivity contribution >= 4 is 11.6 Å². The molecule has 0 aromatic carbocycles. The van der Waals surface area contributed by atoms with Gasteiger partial charge in [-0.1, -0.05) is 19.1 Å². The van der Waals surface area contributed by atoms with Gasteiger partial charge in [-0.25, -0.2) is 0 Å². The summed E-state index contributed by atoms with van der Waals surface area (Å²) in [6, 6.07) is 0. The third kappa shape index (κ3) is 1.80. The van der Waals surface area contributed by atoms with Crippen LogP contribution >= 0.6 is 0 Å². The molecule has 0 unspecified atom stereocenters. The number of carbonyl (C=O) groups is 2. The van der Waals surface area contributed by atoms with Crippen LogP contribution in [0.1, 0.15) is 39.0 Å². The van der Waals surface area contributed by atoms with Gasteiger partial charge in [0.2, 0.25) is 5.78 Å². The molecule has 3 nitrogen and oxygen atoms in total. The molecule has 106 valence electrons.